The van der Waals surface area contributed by atoms with E-state index in [4.69, 9.17) is 16.3 Å². The molecule has 2 fully saturated rings. The molecule has 1 amide bonds. The Labute approximate surface area is 221 Å². The highest BCUT2D eigenvalue weighted by Gasteiger charge is 2.38. The molecular formula is C28H33ClFN5O2. The Hall–Kier alpha value is -2.71. The monoisotopic (exact) mass is 525 g/mol. The number of hydrogen-bond acceptors (Lipinski definition) is 5. The van der Waals surface area contributed by atoms with Gasteiger partial charge in [-0.15, -0.1) is 0 Å². The summed E-state index contributed by atoms with van der Waals surface area (Å²) < 4.78 is 22.5. The predicted octanol–water partition coefficient (Wildman–Crippen LogP) is 5.55. The van der Waals surface area contributed by atoms with E-state index in [1.807, 2.05) is 6.92 Å². The smallest absolute Gasteiger partial charge is 0.258 e. The largest absolute Gasteiger partial charge is 0.489 e. The molecule has 0 aliphatic carbocycles. The van der Waals surface area contributed by atoms with Gasteiger partial charge in [0.2, 0.25) is 0 Å². The number of hydrogen-bond donors (Lipinski definition) is 0. The molecule has 2 saturated heterocycles. The lowest BCUT2D eigenvalue weighted by Crippen LogP contribution is -2.36. The van der Waals surface area contributed by atoms with E-state index >= 15 is 0 Å². The van der Waals surface area contributed by atoms with E-state index in [2.05, 4.69) is 21.9 Å². The minimum absolute atomic E-state index is 0.0234. The number of aryl methyl sites for hydroxylation is 1. The zero-order valence-electron chi connectivity index (χ0n) is 21.4. The summed E-state index contributed by atoms with van der Waals surface area (Å²) in [5.74, 6) is -0.242. The zero-order chi connectivity index (χ0) is 25.7. The molecule has 3 aliphatic rings. The maximum absolute atomic E-state index is 14.3. The van der Waals surface area contributed by atoms with Crippen LogP contribution in [-0.4, -0.2) is 55.0 Å². The number of ether oxygens (including phenoxy) is 1. The molecule has 0 spiro atoms. The van der Waals surface area contributed by atoms with Crippen molar-refractivity contribution in [2.45, 2.75) is 90.1 Å². The van der Waals surface area contributed by atoms with Crippen molar-refractivity contribution in [1.29, 1.82) is 0 Å². The molecule has 1 aromatic carbocycles. The maximum Gasteiger partial charge on any atom is 0.258 e. The first kappa shape index (κ1) is 24.6. The Morgan fingerprint density at radius 2 is 2.00 bits per heavy atom. The number of benzene rings is 1. The molecule has 0 radical (unpaired) electrons. The summed E-state index contributed by atoms with van der Waals surface area (Å²) in [5, 5.41) is 5.20. The standard InChI is InChI=1S/C28H33ClFN5O2/c1-3-4-11-34-19-6-7-20(34)13-21(9-8-19)37-26-12-18(30)5-10-22(26)28(36)33-15-23-25(16-33)32-35-17(2)24(29)14-31-27(23)35/h5,10,12,14,19-21H,3-4,6-9,11,13,15-16H2,1-2H3. The lowest BCUT2D eigenvalue weighted by atomic mass is 9.98. The Morgan fingerprint density at radius 3 is 2.84 bits per heavy atom. The van der Waals surface area contributed by atoms with E-state index in [1.165, 1.54) is 37.8 Å². The number of carbonyl (C=O) groups excluding carboxylic acids is 1. The zero-order valence-corrected chi connectivity index (χ0v) is 22.2. The van der Waals surface area contributed by atoms with Crippen molar-refractivity contribution < 1.29 is 13.9 Å². The van der Waals surface area contributed by atoms with Crippen LogP contribution in [-0.2, 0) is 13.1 Å². The van der Waals surface area contributed by atoms with Gasteiger partial charge < -0.3 is 9.64 Å². The number of nitrogens with zero attached hydrogens (tertiary/aromatic N) is 5. The first-order valence-electron chi connectivity index (χ1n) is 13.5. The summed E-state index contributed by atoms with van der Waals surface area (Å²) in [7, 11) is 0. The topological polar surface area (TPSA) is 63.0 Å². The highest BCUT2D eigenvalue weighted by Crippen LogP contribution is 2.37. The number of rotatable bonds is 6. The SMILES string of the molecule is CCCCN1C2CCC(Oc3cc(F)ccc3C(=O)N3Cc4nn5c(C)c(Cl)cnc5c4C3)CC1CC2. The Morgan fingerprint density at radius 1 is 1.19 bits per heavy atom. The Kier molecular flexibility index (Phi) is 6.57. The van der Waals surface area contributed by atoms with Crippen molar-refractivity contribution >= 4 is 23.2 Å². The highest BCUT2D eigenvalue weighted by molar-refractivity contribution is 6.31. The third-order valence-corrected chi connectivity index (χ3v) is 8.72. The van der Waals surface area contributed by atoms with Crippen LogP contribution in [0.25, 0.3) is 5.65 Å². The quantitative estimate of drug-likeness (QED) is 0.422. The number of amides is 1. The fourth-order valence-corrected chi connectivity index (χ4v) is 6.46. The number of fused-ring (bicyclic) bond motifs is 5. The van der Waals surface area contributed by atoms with Gasteiger partial charge >= 0.3 is 0 Å². The van der Waals surface area contributed by atoms with E-state index in [-0.39, 0.29) is 12.0 Å². The molecule has 196 valence electrons. The molecule has 6 rings (SSSR count). The van der Waals surface area contributed by atoms with Crippen molar-refractivity contribution in [3.8, 4) is 5.75 Å². The van der Waals surface area contributed by atoms with E-state index in [1.54, 1.807) is 21.7 Å². The van der Waals surface area contributed by atoms with Crippen molar-refractivity contribution in [1.82, 2.24) is 24.4 Å². The van der Waals surface area contributed by atoms with Crippen LogP contribution in [0.1, 0.15) is 79.2 Å². The molecule has 0 saturated carbocycles. The van der Waals surface area contributed by atoms with E-state index in [0.717, 1.165) is 42.8 Å². The lowest BCUT2D eigenvalue weighted by molar-refractivity contribution is 0.0739. The van der Waals surface area contributed by atoms with Gasteiger partial charge in [0, 0.05) is 29.9 Å². The van der Waals surface area contributed by atoms with Crippen molar-refractivity contribution in [3.63, 3.8) is 0 Å². The van der Waals surface area contributed by atoms with Crippen molar-refractivity contribution in [2.75, 3.05) is 6.54 Å². The average molecular weight is 526 g/mol. The van der Waals surface area contributed by atoms with Crippen LogP contribution in [0.4, 0.5) is 4.39 Å². The van der Waals surface area contributed by atoms with Crippen LogP contribution < -0.4 is 4.74 Å². The van der Waals surface area contributed by atoms with Crippen LogP contribution in [0.3, 0.4) is 0 Å². The van der Waals surface area contributed by atoms with Crippen molar-refractivity contribution in [3.05, 3.63) is 57.8 Å². The van der Waals surface area contributed by atoms with Gasteiger partial charge in [-0.1, -0.05) is 24.9 Å². The predicted molar refractivity (Wildman–Crippen MR) is 139 cm³/mol. The molecule has 37 heavy (non-hydrogen) atoms. The van der Waals surface area contributed by atoms with E-state index in [0.29, 0.717) is 47.2 Å². The molecule has 3 aromatic rings. The van der Waals surface area contributed by atoms with Crippen LogP contribution in [0.15, 0.2) is 24.4 Å². The number of halogens is 2. The number of carbonyl (C=O) groups is 1. The van der Waals surface area contributed by atoms with Crippen LogP contribution in [0.5, 0.6) is 5.75 Å². The molecule has 7 nitrogen and oxygen atoms in total. The van der Waals surface area contributed by atoms with Gasteiger partial charge in [0.25, 0.3) is 5.91 Å². The molecule has 3 atom stereocenters. The third-order valence-electron chi connectivity index (χ3n) is 8.35. The van der Waals surface area contributed by atoms with Gasteiger partial charge in [0.15, 0.2) is 5.65 Å². The summed E-state index contributed by atoms with van der Waals surface area (Å²) in [6, 6.07) is 5.38. The Bertz CT molecular complexity index is 1340. The second kappa shape index (κ2) is 9.87. The third kappa shape index (κ3) is 4.48. The summed E-state index contributed by atoms with van der Waals surface area (Å²) in [4.78, 5) is 22.5. The molecule has 0 N–H and O–H groups in total. The molecule has 3 unspecified atom stereocenters. The maximum atomic E-state index is 14.3. The summed E-state index contributed by atoms with van der Waals surface area (Å²) in [6.45, 7) is 6.03. The van der Waals surface area contributed by atoms with Crippen LogP contribution in [0.2, 0.25) is 5.02 Å². The van der Waals surface area contributed by atoms with Gasteiger partial charge in [-0.05, 0) is 64.1 Å². The van der Waals surface area contributed by atoms with Gasteiger partial charge in [-0.3, -0.25) is 9.69 Å². The molecular weight excluding hydrogens is 493 g/mol. The second-order valence-electron chi connectivity index (χ2n) is 10.7. The molecule has 9 heteroatoms. The van der Waals surface area contributed by atoms with Crippen LogP contribution >= 0.6 is 11.6 Å². The minimum Gasteiger partial charge on any atom is -0.489 e. The normalized spacial score (nSPS) is 23.5. The van der Waals surface area contributed by atoms with E-state index in [9.17, 15) is 9.18 Å². The lowest BCUT2D eigenvalue weighted by Gasteiger charge is -2.28. The number of aromatic nitrogens is 3. The van der Waals surface area contributed by atoms with Crippen molar-refractivity contribution in [2.24, 2.45) is 0 Å². The molecule has 5 heterocycles. The van der Waals surface area contributed by atoms with E-state index < -0.39 is 5.82 Å². The van der Waals surface area contributed by atoms with Gasteiger partial charge in [0.05, 0.1) is 35.1 Å². The molecule has 3 aliphatic heterocycles. The molecule has 2 bridgehead atoms. The molecule has 2 aromatic heterocycles. The number of unbranched alkanes of at least 4 members (excludes halogenated alkanes) is 1. The summed E-state index contributed by atoms with van der Waals surface area (Å²) in [5.41, 5.74) is 3.66. The van der Waals surface area contributed by atoms with Crippen LogP contribution in [0, 0.1) is 12.7 Å². The van der Waals surface area contributed by atoms with Gasteiger partial charge in [0.1, 0.15) is 17.7 Å². The minimum atomic E-state index is -0.398. The first-order valence-corrected chi connectivity index (χ1v) is 13.8. The fraction of sp³-hybridized carbons (Fsp3) is 0.536. The average Bonchev–Trinajstić information content (AvgIpc) is 3.52. The van der Waals surface area contributed by atoms with Gasteiger partial charge in [-0.2, -0.15) is 5.10 Å². The Balaban J connectivity index is 1.20. The summed E-state index contributed by atoms with van der Waals surface area (Å²) >= 11 is 6.21. The highest BCUT2D eigenvalue weighted by atomic mass is 35.5. The first-order chi connectivity index (χ1) is 17.9. The fourth-order valence-electron chi connectivity index (χ4n) is 6.34. The van der Waals surface area contributed by atoms with Gasteiger partial charge in [-0.25, -0.2) is 13.9 Å². The summed E-state index contributed by atoms with van der Waals surface area (Å²) in [6.07, 6.45) is 9.38. The second-order valence-corrected chi connectivity index (χ2v) is 11.1.